The summed E-state index contributed by atoms with van der Waals surface area (Å²) in [6.07, 6.45) is 1.58. The van der Waals surface area contributed by atoms with Gasteiger partial charge in [-0.15, -0.1) is 0 Å². The standard InChI is InChI=1S/C20H23NO4S/c1-4-17(20(22)25-5-2)15-21(18-9-7-6-8-10-18)26(23,24)19-13-11-16(3)12-14-19/h4,6-14H,5,15H2,1-3H3/b17-4+. The van der Waals surface area contributed by atoms with Gasteiger partial charge in [0.15, 0.2) is 0 Å². The third-order valence-electron chi connectivity index (χ3n) is 3.85. The van der Waals surface area contributed by atoms with Crippen molar-refractivity contribution in [3.05, 3.63) is 71.8 Å². The number of allylic oxidation sites excluding steroid dienone is 1. The maximum Gasteiger partial charge on any atom is 0.335 e. The highest BCUT2D eigenvalue weighted by Gasteiger charge is 2.27. The molecule has 0 aliphatic rings. The Morgan fingerprint density at radius 3 is 2.23 bits per heavy atom. The molecule has 138 valence electrons. The van der Waals surface area contributed by atoms with Gasteiger partial charge in [-0.1, -0.05) is 42.0 Å². The van der Waals surface area contributed by atoms with Crippen molar-refractivity contribution in [2.75, 3.05) is 17.5 Å². The van der Waals surface area contributed by atoms with Gasteiger partial charge in [-0.2, -0.15) is 0 Å². The SMILES string of the molecule is C/C=C(\CN(c1ccccc1)S(=O)(=O)c1ccc(C)cc1)C(=O)OCC. The molecule has 0 saturated carbocycles. The number of rotatable bonds is 7. The van der Waals surface area contributed by atoms with Crippen molar-refractivity contribution in [1.82, 2.24) is 0 Å². The molecule has 6 heteroatoms. The van der Waals surface area contributed by atoms with Crippen LogP contribution in [0.15, 0.2) is 71.1 Å². The van der Waals surface area contributed by atoms with E-state index < -0.39 is 16.0 Å². The topological polar surface area (TPSA) is 63.7 Å². The van der Waals surface area contributed by atoms with E-state index in [2.05, 4.69) is 0 Å². The second-order valence-electron chi connectivity index (χ2n) is 5.69. The van der Waals surface area contributed by atoms with Gasteiger partial charge in [-0.3, -0.25) is 4.31 Å². The molecule has 5 nitrogen and oxygen atoms in total. The zero-order chi connectivity index (χ0) is 19.2. The fourth-order valence-electron chi connectivity index (χ4n) is 2.40. The first-order valence-electron chi connectivity index (χ1n) is 8.37. The Morgan fingerprint density at radius 2 is 1.69 bits per heavy atom. The first-order chi connectivity index (χ1) is 12.4. The van der Waals surface area contributed by atoms with E-state index in [1.165, 1.54) is 4.31 Å². The predicted octanol–water partition coefficient (Wildman–Crippen LogP) is 3.70. The van der Waals surface area contributed by atoms with Crippen LogP contribution in [0, 0.1) is 6.92 Å². The van der Waals surface area contributed by atoms with Gasteiger partial charge in [0.1, 0.15) is 0 Å². The van der Waals surface area contributed by atoms with Crippen molar-refractivity contribution in [2.45, 2.75) is 25.7 Å². The van der Waals surface area contributed by atoms with E-state index >= 15 is 0 Å². The molecule has 0 amide bonds. The highest BCUT2D eigenvalue weighted by Crippen LogP contribution is 2.25. The third kappa shape index (κ3) is 4.52. The largest absolute Gasteiger partial charge is 0.463 e. The molecule has 2 aromatic carbocycles. The van der Waals surface area contributed by atoms with E-state index in [0.717, 1.165) is 5.56 Å². The first-order valence-corrected chi connectivity index (χ1v) is 9.81. The summed E-state index contributed by atoms with van der Waals surface area (Å²) in [4.78, 5) is 12.3. The molecule has 0 bridgehead atoms. The predicted molar refractivity (Wildman–Crippen MR) is 103 cm³/mol. The highest BCUT2D eigenvalue weighted by molar-refractivity contribution is 7.92. The van der Waals surface area contributed by atoms with Crippen LogP contribution in [0.3, 0.4) is 0 Å². The molecule has 0 heterocycles. The molecule has 0 saturated heterocycles. The van der Waals surface area contributed by atoms with E-state index in [4.69, 9.17) is 4.74 Å². The second-order valence-corrected chi connectivity index (χ2v) is 7.56. The quantitative estimate of drug-likeness (QED) is 0.548. The number of aryl methyl sites for hydroxylation is 1. The van der Waals surface area contributed by atoms with Gasteiger partial charge < -0.3 is 4.74 Å². The van der Waals surface area contributed by atoms with Gasteiger partial charge in [-0.05, 0) is 45.0 Å². The van der Waals surface area contributed by atoms with Gasteiger partial charge in [0.05, 0.1) is 29.3 Å². The molecular weight excluding hydrogens is 350 g/mol. The lowest BCUT2D eigenvalue weighted by Gasteiger charge is -2.25. The summed E-state index contributed by atoms with van der Waals surface area (Å²) in [5.74, 6) is -0.518. The Labute approximate surface area is 155 Å². The molecule has 0 atom stereocenters. The van der Waals surface area contributed by atoms with E-state index in [0.29, 0.717) is 5.69 Å². The van der Waals surface area contributed by atoms with E-state index in [-0.39, 0.29) is 23.6 Å². The van der Waals surface area contributed by atoms with Crippen molar-refractivity contribution in [3.63, 3.8) is 0 Å². The van der Waals surface area contributed by atoms with Crippen LogP contribution in [0.25, 0.3) is 0 Å². The van der Waals surface area contributed by atoms with Crippen LogP contribution >= 0.6 is 0 Å². The lowest BCUT2D eigenvalue weighted by molar-refractivity contribution is -0.138. The minimum absolute atomic E-state index is 0.102. The average Bonchev–Trinajstić information content (AvgIpc) is 2.63. The maximum absolute atomic E-state index is 13.2. The monoisotopic (exact) mass is 373 g/mol. The minimum Gasteiger partial charge on any atom is -0.463 e. The molecule has 0 N–H and O–H groups in total. The zero-order valence-electron chi connectivity index (χ0n) is 15.2. The number of carbonyl (C=O) groups is 1. The van der Waals surface area contributed by atoms with Crippen LogP contribution < -0.4 is 4.31 Å². The molecule has 0 aliphatic heterocycles. The number of ether oxygens (including phenoxy) is 1. The molecule has 0 aromatic heterocycles. The van der Waals surface area contributed by atoms with E-state index in [1.54, 1.807) is 68.5 Å². The molecule has 0 radical (unpaired) electrons. The Balaban J connectivity index is 2.48. The van der Waals surface area contributed by atoms with Gasteiger partial charge >= 0.3 is 5.97 Å². The van der Waals surface area contributed by atoms with Crippen LogP contribution in [0.5, 0.6) is 0 Å². The van der Waals surface area contributed by atoms with Gasteiger partial charge in [0.25, 0.3) is 10.0 Å². The summed E-state index contributed by atoms with van der Waals surface area (Å²) < 4.78 is 32.7. The van der Waals surface area contributed by atoms with Crippen molar-refractivity contribution < 1.29 is 17.9 Å². The molecule has 0 fully saturated rings. The number of sulfonamides is 1. The lowest BCUT2D eigenvalue weighted by Crippen LogP contribution is -2.34. The number of hydrogen-bond donors (Lipinski definition) is 0. The van der Waals surface area contributed by atoms with E-state index in [1.807, 2.05) is 13.0 Å². The van der Waals surface area contributed by atoms with Crippen LogP contribution in [-0.2, 0) is 19.6 Å². The summed E-state index contributed by atoms with van der Waals surface area (Å²) in [6, 6.07) is 15.4. The maximum atomic E-state index is 13.2. The van der Waals surface area contributed by atoms with Gasteiger partial charge in [0, 0.05) is 0 Å². The van der Waals surface area contributed by atoms with Crippen molar-refractivity contribution in [3.8, 4) is 0 Å². The number of para-hydroxylation sites is 1. The Bertz CT molecular complexity index is 872. The first kappa shape index (κ1) is 19.7. The highest BCUT2D eigenvalue weighted by atomic mass is 32.2. The average molecular weight is 373 g/mol. The Morgan fingerprint density at radius 1 is 1.08 bits per heavy atom. The van der Waals surface area contributed by atoms with Crippen LogP contribution in [-0.4, -0.2) is 27.5 Å². The van der Waals surface area contributed by atoms with E-state index in [9.17, 15) is 13.2 Å². The third-order valence-corrected chi connectivity index (χ3v) is 5.64. The zero-order valence-corrected chi connectivity index (χ0v) is 16.0. The minimum atomic E-state index is -3.84. The second kappa shape index (κ2) is 8.67. The van der Waals surface area contributed by atoms with Crippen LogP contribution in [0.2, 0.25) is 0 Å². The Kier molecular flexibility index (Phi) is 6.58. The fourth-order valence-corrected chi connectivity index (χ4v) is 3.84. The smallest absolute Gasteiger partial charge is 0.335 e. The van der Waals surface area contributed by atoms with Gasteiger partial charge in [0.2, 0.25) is 0 Å². The number of carbonyl (C=O) groups excluding carboxylic acids is 1. The summed E-state index contributed by atoms with van der Waals surface area (Å²) in [6.45, 7) is 5.42. The number of esters is 1. The molecule has 2 aromatic rings. The van der Waals surface area contributed by atoms with Gasteiger partial charge in [-0.25, -0.2) is 13.2 Å². The molecular formula is C20H23NO4S. The molecule has 0 unspecified atom stereocenters. The van der Waals surface area contributed by atoms with Crippen molar-refractivity contribution in [1.29, 1.82) is 0 Å². The summed E-state index contributed by atoms with van der Waals surface area (Å²) in [5, 5.41) is 0. The summed E-state index contributed by atoms with van der Waals surface area (Å²) in [7, 11) is -3.84. The normalized spacial score (nSPS) is 11.9. The van der Waals surface area contributed by atoms with Crippen molar-refractivity contribution >= 4 is 21.7 Å². The number of anilines is 1. The van der Waals surface area contributed by atoms with Crippen LogP contribution in [0.4, 0.5) is 5.69 Å². The fraction of sp³-hybridized carbons (Fsp3) is 0.250. The molecule has 2 rings (SSSR count). The molecule has 26 heavy (non-hydrogen) atoms. The molecule has 0 spiro atoms. The Hall–Kier alpha value is -2.60. The van der Waals surface area contributed by atoms with Crippen molar-refractivity contribution in [2.24, 2.45) is 0 Å². The lowest BCUT2D eigenvalue weighted by atomic mass is 10.2. The number of hydrogen-bond acceptors (Lipinski definition) is 4. The number of benzene rings is 2. The number of nitrogens with zero attached hydrogens (tertiary/aromatic N) is 1. The summed E-state index contributed by atoms with van der Waals surface area (Å²) >= 11 is 0. The molecule has 0 aliphatic carbocycles. The summed E-state index contributed by atoms with van der Waals surface area (Å²) in [5.41, 5.74) is 1.74. The van der Waals surface area contributed by atoms with Crippen LogP contribution in [0.1, 0.15) is 19.4 Å².